The van der Waals surface area contributed by atoms with Gasteiger partial charge in [0.1, 0.15) is 5.82 Å². The number of rotatable bonds is 10. The summed E-state index contributed by atoms with van der Waals surface area (Å²) in [5.74, 6) is 0.771. The van der Waals surface area contributed by atoms with Crippen molar-refractivity contribution in [2.75, 3.05) is 18.4 Å². The number of fused-ring (bicyclic) bond motifs is 1. The first-order valence-corrected chi connectivity index (χ1v) is 11.4. The van der Waals surface area contributed by atoms with E-state index < -0.39 is 0 Å². The summed E-state index contributed by atoms with van der Waals surface area (Å²) in [5, 5.41) is 13.5. The van der Waals surface area contributed by atoms with E-state index in [-0.39, 0.29) is 5.91 Å². The molecule has 0 saturated carbocycles. The molecule has 9 heteroatoms. The fraction of sp³-hybridized carbons (Fsp3) is 0.429. The summed E-state index contributed by atoms with van der Waals surface area (Å²) in [4.78, 5) is 21.6. The smallest absolute Gasteiger partial charge is 0.224 e. The zero-order valence-corrected chi connectivity index (χ0v) is 19.1. The van der Waals surface area contributed by atoms with Gasteiger partial charge in [-0.05, 0) is 24.1 Å². The number of aromatic nitrogens is 4. The molecule has 1 aromatic carbocycles. The molecule has 0 radical (unpaired) electrons. The predicted molar refractivity (Wildman–Crippen MR) is 123 cm³/mol. The van der Waals surface area contributed by atoms with E-state index in [0.717, 1.165) is 40.5 Å². The first kappa shape index (κ1) is 22.4. The monoisotopic (exact) mass is 446 g/mol. The largest absolute Gasteiger partial charge is 0.369 e. The Morgan fingerprint density at radius 2 is 1.97 bits per heavy atom. The number of hydrogen-bond donors (Lipinski definition) is 2. The SMILES string of the molecule is CCCNc1nc(SC(C)C)nc2c1cnn2CCNC(=O)Cc1ccc(Cl)cc1. The van der Waals surface area contributed by atoms with Crippen LogP contribution in [0.4, 0.5) is 5.82 Å². The molecule has 0 aliphatic carbocycles. The Labute approximate surface area is 186 Å². The summed E-state index contributed by atoms with van der Waals surface area (Å²) >= 11 is 7.51. The van der Waals surface area contributed by atoms with E-state index >= 15 is 0 Å². The number of hydrogen-bond acceptors (Lipinski definition) is 6. The Hall–Kier alpha value is -2.32. The molecule has 3 rings (SSSR count). The molecule has 7 nitrogen and oxygen atoms in total. The van der Waals surface area contributed by atoms with E-state index in [1.807, 2.05) is 16.8 Å². The summed E-state index contributed by atoms with van der Waals surface area (Å²) in [6.45, 7) is 8.19. The Bertz CT molecular complexity index is 989. The van der Waals surface area contributed by atoms with Gasteiger partial charge in [-0.3, -0.25) is 4.79 Å². The van der Waals surface area contributed by atoms with Gasteiger partial charge in [0, 0.05) is 23.4 Å². The topological polar surface area (TPSA) is 84.7 Å². The first-order valence-electron chi connectivity index (χ1n) is 10.1. The highest BCUT2D eigenvalue weighted by Crippen LogP contribution is 2.26. The van der Waals surface area contributed by atoms with Gasteiger partial charge in [0.2, 0.25) is 5.91 Å². The van der Waals surface area contributed by atoms with E-state index in [1.54, 1.807) is 30.1 Å². The number of halogens is 1. The third kappa shape index (κ3) is 6.09. The van der Waals surface area contributed by atoms with Gasteiger partial charge in [-0.15, -0.1) is 0 Å². The van der Waals surface area contributed by atoms with Crippen molar-refractivity contribution in [2.24, 2.45) is 0 Å². The number of benzene rings is 1. The number of anilines is 1. The van der Waals surface area contributed by atoms with Crippen molar-refractivity contribution in [3.05, 3.63) is 41.0 Å². The van der Waals surface area contributed by atoms with Crippen LogP contribution in [-0.4, -0.2) is 44.0 Å². The van der Waals surface area contributed by atoms with E-state index in [0.29, 0.717) is 29.8 Å². The second kappa shape index (κ2) is 10.6. The first-order chi connectivity index (χ1) is 14.5. The number of carbonyl (C=O) groups excluding carboxylic acids is 1. The van der Waals surface area contributed by atoms with Crippen LogP contribution in [0.1, 0.15) is 32.8 Å². The molecule has 0 atom stereocenters. The van der Waals surface area contributed by atoms with Crippen molar-refractivity contribution in [1.82, 2.24) is 25.1 Å². The molecular formula is C21H27ClN6OS. The van der Waals surface area contributed by atoms with E-state index in [1.165, 1.54) is 0 Å². The van der Waals surface area contributed by atoms with Crippen LogP contribution in [0.15, 0.2) is 35.6 Å². The number of nitrogens with one attached hydrogen (secondary N) is 2. The second-order valence-corrected chi connectivity index (χ2v) is 9.19. The Morgan fingerprint density at radius 3 is 2.67 bits per heavy atom. The van der Waals surface area contributed by atoms with Crippen molar-refractivity contribution in [1.29, 1.82) is 0 Å². The van der Waals surface area contributed by atoms with Crippen LogP contribution in [0, 0.1) is 0 Å². The average molecular weight is 447 g/mol. The minimum atomic E-state index is -0.0373. The lowest BCUT2D eigenvalue weighted by atomic mass is 10.1. The van der Waals surface area contributed by atoms with E-state index in [2.05, 4.69) is 41.5 Å². The molecule has 2 aromatic heterocycles. The molecule has 2 heterocycles. The molecule has 0 aliphatic heterocycles. The predicted octanol–water partition coefficient (Wildman–Crippen LogP) is 4.16. The third-order valence-electron chi connectivity index (χ3n) is 4.28. The lowest BCUT2D eigenvalue weighted by molar-refractivity contribution is -0.120. The van der Waals surface area contributed by atoms with Crippen molar-refractivity contribution in [3.63, 3.8) is 0 Å². The van der Waals surface area contributed by atoms with Crippen LogP contribution in [0.5, 0.6) is 0 Å². The second-order valence-electron chi connectivity index (χ2n) is 7.21. The van der Waals surface area contributed by atoms with Gasteiger partial charge in [0.05, 0.1) is 24.5 Å². The summed E-state index contributed by atoms with van der Waals surface area (Å²) < 4.78 is 1.82. The van der Waals surface area contributed by atoms with Crippen LogP contribution >= 0.6 is 23.4 Å². The van der Waals surface area contributed by atoms with Crippen LogP contribution in [0.3, 0.4) is 0 Å². The molecule has 1 amide bonds. The maximum atomic E-state index is 12.2. The van der Waals surface area contributed by atoms with Crippen molar-refractivity contribution >= 4 is 46.1 Å². The molecule has 160 valence electrons. The van der Waals surface area contributed by atoms with Crippen molar-refractivity contribution in [3.8, 4) is 0 Å². The third-order valence-corrected chi connectivity index (χ3v) is 5.40. The standard InChI is InChI=1S/C21H27ClN6OS/c1-4-9-24-19-17-13-25-28(20(17)27-21(26-19)30-14(2)3)11-10-23-18(29)12-15-5-7-16(22)8-6-15/h5-8,13-14H,4,9-12H2,1-3H3,(H,23,29)(H,24,26,27). The number of carbonyl (C=O) groups is 1. The lowest BCUT2D eigenvalue weighted by Crippen LogP contribution is -2.28. The highest BCUT2D eigenvalue weighted by atomic mass is 35.5. The summed E-state index contributed by atoms with van der Waals surface area (Å²) in [5.41, 5.74) is 1.70. The van der Waals surface area contributed by atoms with E-state index in [4.69, 9.17) is 16.6 Å². The maximum Gasteiger partial charge on any atom is 0.224 e. The molecule has 0 fully saturated rings. The van der Waals surface area contributed by atoms with Crippen molar-refractivity contribution in [2.45, 2.75) is 50.6 Å². The van der Waals surface area contributed by atoms with Crippen LogP contribution in [0.25, 0.3) is 11.0 Å². The van der Waals surface area contributed by atoms with E-state index in [9.17, 15) is 4.79 Å². The Balaban J connectivity index is 1.67. The van der Waals surface area contributed by atoms with Crippen LogP contribution < -0.4 is 10.6 Å². The normalized spacial score (nSPS) is 11.2. The minimum absolute atomic E-state index is 0.0373. The van der Waals surface area contributed by atoms with Crippen LogP contribution in [0.2, 0.25) is 5.02 Å². The highest BCUT2D eigenvalue weighted by Gasteiger charge is 2.14. The van der Waals surface area contributed by atoms with Crippen molar-refractivity contribution < 1.29 is 4.79 Å². The average Bonchev–Trinajstić information content (AvgIpc) is 3.10. The molecule has 0 bridgehead atoms. The highest BCUT2D eigenvalue weighted by molar-refractivity contribution is 7.99. The maximum absolute atomic E-state index is 12.2. The number of amides is 1. The number of thioether (sulfide) groups is 1. The molecule has 0 spiro atoms. The Kier molecular flexibility index (Phi) is 7.93. The molecule has 0 unspecified atom stereocenters. The summed E-state index contributed by atoms with van der Waals surface area (Å²) in [6, 6.07) is 7.30. The van der Waals surface area contributed by atoms with Gasteiger partial charge < -0.3 is 10.6 Å². The van der Waals surface area contributed by atoms with Gasteiger partial charge in [0.25, 0.3) is 0 Å². The van der Waals surface area contributed by atoms with Gasteiger partial charge >= 0.3 is 0 Å². The van der Waals surface area contributed by atoms with Gasteiger partial charge in [-0.1, -0.05) is 56.3 Å². The molecule has 2 N–H and O–H groups in total. The van der Waals surface area contributed by atoms with Gasteiger partial charge in [-0.2, -0.15) is 5.10 Å². The van der Waals surface area contributed by atoms with Crippen LogP contribution in [-0.2, 0) is 17.8 Å². The summed E-state index contributed by atoms with van der Waals surface area (Å²) in [6.07, 6.45) is 3.11. The Morgan fingerprint density at radius 1 is 1.20 bits per heavy atom. The quantitative estimate of drug-likeness (QED) is 0.359. The lowest BCUT2D eigenvalue weighted by Gasteiger charge is -2.10. The molecular weight excluding hydrogens is 420 g/mol. The zero-order valence-electron chi connectivity index (χ0n) is 17.5. The van der Waals surface area contributed by atoms with Gasteiger partial charge in [0.15, 0.2) is 10.8 Å². The number of nitrogens with zero attached hydrogens (tertiary/aromatic N) is 4. The molecule has 3 aromatic rings. The van der Waals surface area contributed by atoms with Gasteiger partial charge in [-0.25, -0.2) is 14.6 Å². The fourth-order valence-electron chi connectivity index (χ4n) is 2.89. The summed E-state index contributed by atoms with van der Waals surface area (Å²) in [7, 11) is 0. The molecule has 30 heavy (non-hydrogen) atoms. The fourth-order valence-corrected chi connectivity index (χ4v) is 3.72. The molecule has 0 saturated heterocycles. The minimum Gasteiger partial charge on any atom is -0.369 e. The molecule has 0 aliphatic rings. The zero-order chi connectivity index (χ0) is 21.5.